The molecular weight excluding hydrogens is 486 g/mol. The Balaban J connectivity index is 1.63. The third kappa shape index (κ3) is 7.77. The minimum atomic E-state index is -0.787. The lowest BCUT2D eigenvalue weighted by Crippen LogP contribution is -2.46. The van der Waals surface area contributed by atoms with Crippen molar-refractivity contribution in [2.24, 2.45) is 0 Å². The summed E-state index contributed by atoms with van der Waals surface area (Å²) >= 11 is 7.56. The van der Waals surface area contributed by atoms with E-state index in [0.717, 1.165) is 21.2 Å². The van der Waals surface area contributed by atoms with E-state index in [4.69, 9.17) is 21.1 Å². The van der Waals surface area contributed by atoms with Gasteiger partial charge in [-0.1, -0.05) is 17.7 Å². The number of esters is 1. The molecule has 184 valence electrons. The van der Waals surface area contributed by atoms with Crippen molar-refractivity contribution in [1.29, 1.82) is 5.26 Å². The number of halogens is 1. The van der Waals surface area contributed by atoms with Gasteiger partial charge in [0.2, 0.25) is 0 Å². The molecule has 0 radical (unpaired) electrons. The van der Waals surface area contributed by atoms with Crippen LogP contribution < -0.4 is 10.1 Å². The van der Waals surface area contributed by atoms with E-state index in [2.05, 4.69) is 30.2 Å². The SMILES string of the molecule is CCOC(=O)c1cncc(-c2ccc(C#N)c(OC[C@H](O)CNC(C)(C)Cc3ccc(Cl)s3)c2)c1. The number of aliphatic hydroxyl groups excluding tert-OH is 1. The molecule has 0 saturated carbocycles. The van der Waals surface area contributed by atoms with Crippen molar-refractivity contribution in [1.82, 2.24) is 10.3 Å². The average molecular weight is 514 g/mol. The third-order valence-corrected chi connectivity index (χ3v) is 6.41. The Hall–Kier alpha value is -2.96. The molecule has 0 unspecified atom stereocenters. The van der Waals surface area contributed by atoms with E-state index >= 15 is 0 Å². The van der Waals surface area contributed by atoms with Crippen molar-refractivity contribution in [3.8, 4) is 22.9 Å². The molecule has 0 saturated heterocycles. The zero-order valence-electron chi connectivity index (χ0n) is 19.9. The van der Waals surface area contributed by atoms with Gasteiger partial charge >= 0.3 is 5.97 Å². The Morgan fingerprint density at radius 2 is 2.06 bits per heavy atom. The fraction of sp³-hybridized carbons (Fsp3) is 0.346. The first-order valence-corrected chi connectivity index (χ1v) is 12.4. The molecule has 2 N–H and O–H groups in total. The molecule has 0 aliphatic carbocycles. The van der Waals surface area contributed by atoms with Gasteiger partial charge in [0.05, 0.1) is 22.1 Å². The number of pyridine rings is 1. The number of nitrogens with zero attached hydrogens (tertiary/aromatic N) is 2. The van der Waals surface area contributed by atoms with E-state index in [1.54, 1.807) is 48.7 Å². The fourth-order valence-corrected chi connectivity index (χ4v) is 4.74. The van der Waals surface area contributed by atoms with E-state index in [-0.39, 0.29) is 18.8 Å². The second kappa shape index (κ2) is 12.1. The largest absolute Gasteiger partial charge is 0.489 e. The number of rotatable bonds is 11. The van der Waals surface area contributed by atoms with Gasteiger partial charge in [-0.05, 0) is 63.1 Å². The molecule has 2 aromatic heterocycles. The molecule has 1 aromatic carbocycles. The number of aromatic nitrogens is 1. The van der Waals surface area contributed by atoms with Crippen molar-refractivity contribution in [3.05, 3.63) is 69.1 Å². The highest BCUT2D eigenvalue weighted by atomic mass is 35.5. The monoisotopic (exact) mass is 513 g/mol. The first-order valence-electron chi connectivity index (χ1n) is 11.2. The molecule has 35 heavy (non-hydrogen) atoms. The molecule has 0 aliphatic rings. The lowest BCUT2D eigenvalue weighted by Gasteiger charge is -2.27. The molecule has 2 heterocycles. The number of thiophene rings is 1. The second-order valence-electron chi connectivity index (χ2n) is 8.62. The maximum absolute atomic E-state index is 12.0. The van der Waals surface area contributed by atoms with Crippen molar-refractivity contribution in [2.75, 3.05) is 19.8 Å². The average Bonchev–Trinajstić information content (AvgIpc) is 3.25. The van der Waals surface area contributed by atoms with Gasteiger partial charge < -0.3 is 19.9 Å². The van der Waals surface area contributed by atoms with Crippen LogP contribution >= 0.6 is 22.9 Å². The number of carbonyl (C=O) groups is 1. The Kier molecular flexibility index (Phi) is 9.24. The number of hydrogen-bond donors (Lipinski definition) is 2. The molecule has 3 rings (SSSR count). The van der Waals surface area contributed by atoms with Crippen LogP contribution in [-0.4, -0.2) is 47.5 Å². The summed E-state index contributed by atoms with van der Waals surface area (Å²) in [6.07, 6.45) is 3.05. The minimum Gasteiger partial charge on any atom is -0.489 e. The van der Waals surface area contributed by atoms with Crippen molar-refractivity contribution in [3.63, 3.8) is 0 Å². The number of hydrogen-bond acceptors (Lipinski definition) is 8. The van der Waals surface area contributed by atoms with E-state index < -0.39 is 12.1 Å². The molecule has 0 amide bonds. The smallest absolute Gasteiger partial charge is 0.339 e. The number of ether oxygens (including phenoxy) is 2. The van der Waals surface area contributed by atoms with E-state index in [9.17, 15) is 15.2 Å². The van der Waals surface area contributed by atoms with Gasteiger partial charge in [-0.3, -0.25) is 4.98 Å². The third-order valence-electron chi connectivity index (χ3n) is 5.18. The summed E-state index contributed by atoms with van der Waals surface area (Å²) in [5, 5.41) is 23.3. The molecule has 9 heteroatoms. The molecule has 0 spiro atoms. The predicted molar refractivity (Wildman–Crippen MR) is 137 cm³/mol. The highest BCUT2D eigenvalue weighted by Gasteiger charge is 2.21. The van der Waals surface area contributed by atoms with E-state index in [1.807, 2.05) is 12.1 Å². The van der Waals surface area contributed by atoms with Gasteiger partial charge in [0.15, 0.2) is 0 Å². The zero-order valence-corrected chi connectivity index (χ0v) is 21.4. The number of nitrogens with one attached hydrogen (secondary N) is 1. The molecule has 0 aliphatic heterocycles. The van der Waals surface area contributed by atoms with Crippen LogP contribution in [0.25, 0.3) is 11.1 Å². The molecule has 0 bridgehead atoms. The summed E-state index contributed by atoms with van der Waals surface area (Å²) in [6.45, 7) is 6.46. The van der Waals surface area contributed by atoms with Crippen LogP contribution in [0.1, 0.15) is 41.6 Å². The van der Waals surface area contributed by atoms with Crippen LogP contribution in [0.3, 0.4) is 0 Å². The van der Waals surface area contributed by atoms with Crippen molar-refractivity contribution < 1.29 is 19.4 Å². The van der Waals surface area contributed by atoms with Gasteiger partial charge in [-0.15, -0.1) is 11.3 Å². The zero-order chi connectivity index (χ0) is 25.4. The number of nitriles is 1. The molecule has 1 atom stereocenters. The molecule has 3 aromatic rings. The van der Waals surface area contributed by atoms with Gasteiger partial charge in [0, 0.05) is 34.9 Å². The molecule has 0 fully saturated rings. The first kappa shape index (κ1) is 26.6. The van der Waals surface area contributed by atoms with Gasteiger partial charge in [0.25, 0.3) is 0 Å². The summed E-state index contributed by atoms with van der Waals surface area (Å²) in [5.74, 6) is -0.106. The van der Waals surface area contributed by atoms with Crippen molar-refractivity contribution in [2.45, 2.75) is 38.8 Å². The summed E-state index contributed by atoms with van der Waals surface area (Å²) in [4.78, 5) is 17.3. The van der Waals surface area contributed by atoms with E-state index in [1.165, 1.54) is 6.20 Å². The highest BCUT2D eigenvalue weighted by Crippen LogP contribution is 2.28. The summed E-state index contributed by atoms with van der Waals surface area (Å²) in [6, 6.07) is 12.8. The van der Waals surface area contributed by atoms with Crippen molar-refractivity contribution >= 4 is 28.9 Å². The Bertz CT molecular complexity index is 1210. The van der Waals surface area contributed by atoms with Gasteiger partial charge in [-0.25, -0.2) is 4.79 Å². The number of β-amino-alcohol motifs (C(OH)–C–C–N with tert-alkyl or cyclic N) is 1. The second-order valence-corrected chi connectivity index (χ2v) is 10.4. The van der Waals surface area contributed by atoms with Crippen LogP contribution in [0.5, 0.6) is 5.75 Å². The molecular formula is C26H28ClN3O4S. The lowest BCUT2D eigenvalue weighted by molar-refractivity contribution is 0.0526. The number of benzene rings is 1. The normalized spacial score (nSPS) is 12.1. The standard InChI is InChI=1S/C26H28ClN3O4S/c1-4-33-25(32)20-9-19(13-29-14-20)17-5-6-18(12-28)23(10-17)34-16-21(31)15-30-26(2,3)11-22-7-8-24(27)35-22/h5-10,13-14,21,30-31H,4,11,15-16H2,1-3H3/t21-/m1/s1. The minimum absolute atomic E-state index is 0.00710. The number of carbonyl (C=O) groups excluding carboxylic acids is 1. The van der Waals surface area contributed by atoms with Gasteiger partial charge in [0.1, 0.15) is 24.5 Å². The molecule has 7 nitrogen and oxygen atoms in total. The summed E-state index contributed by atoms with van der Waals surface area (Å²) in [7, 11) is 0. The van der Waals surface area contributed by atoms with E-state index in [0.29, 0.717) is 29.0 Å². The quantitative estimate of drug-likeness (QED) is 0.353. The fourth-order valence-electron chi connectivity index (χ4n) is 3.42. The summed E-state index contributed by atoms with van der Waals surface area (Å²) < 4.78 is 11.6. The Morgan fingerprint density at radius 3 is 2.74 bits per heavy atom. The Morgan fingerprint density at radius 1 is 1.26 bits per heavy atom. The lowest BCUT2D eigenvalue weighted by atomic mass is 9.99. The van der Waals surface area contributed by atoms with Crippen LogP contribution in [-0.2, 0) is 11.2 Å². The van der Waals surface area contributed by atoms with Crippen LogP contribution in [0.15, 0.2) is 48.8 Å². The topological polar surface area (TPSA) is 104 Å². The van der Waals surface area contributed by atoms with Crippen LogP contribution in [0.4, 0.5) is 0 Å². The predicted octanol–water partition coefficient (Wildman–Crippen LogP) is 4.86. The Labute approximate surface area is 214 Å². The number of aliphatic hydroxyl groups is 1. The summed E-state index contributed by atoms with van der Waals surface area (Å²) in [5.41, 5.74) is 1.84. The van der Waals surface area contributed by atoms with Crippen LogP contribution in [0.2, 0.25) is 4.34 Å². The van der Waals surface area contributed by atoms with Gasteiger partial charge in [-0.2, -0.15) is 5.26 Å². The maximum atomic E-state index is 12.0. The first-order chi connectivity index (χ1) is 16.7. The maximum Gasteiger partial charge on any atom is 0.339 e. The van der Waals surface area contributed by atoms with Crippen LogP contribution in [0, 0.1) is 11.3 Å². The highest BCUT2D eigenvalue weighted by molar-refractivity contribution is 7.16.